The van der Waals surface area contributed by atoms with Gasteiger partial charge in [-0.1, -0.05) is 61.6 Å². The molecular formula is C21H20ClNO3S2. The highest BCUT2D eigenvalue weighted by Crippen LogP contribution is 2.38. The fourth-order valence-electron chi connectivity index (χ4n) is 2.56. The van der Waals surface area contributed by atoms with Crippen LogP contribution in [0.3, 0.4) is 0 Å². The molecule has 0 saturated carbocycles. The minimum Gasteiger partial charge on any atom is -0.495 e. The van der Waals surface area contributed by atoms with Crippen LogP contribution in [0.1, 0.15) is 19.4 Å². The molecule has 1 heterocycles. The van der Waals surface area contributed by atoms with Crippen molar-refractivity contribution < 1.29 is 14.3 Å². The lowest BCUT2D eigenvalue weighted by Gasteiger charge is -2.15. The monoisotopic (exact) mass is 433 g/mol. The summed E-state index contributed by atoms with van der Waals surface area (Å²) >= 11 is 12.9. The van der Waals surface area contributed by atoms with Crippen LogP contribution in [0, 0.1) is 5.92 Å². The third-order valence-corrected chi connectivity index (χ3v) is 5.55. The number of hydrogen-bond donors (Lipinski definition) is 0. The molecule has 1 fully saturated rings. The Balaban J connectivity index is 1.78. The molecule has 0 aliphatic carbocycles. The second kappa shape index (κ2) is 8.99. The fourth-order valence-corrected chi connectivity index (χ4v) is 4.11. The van der Waals surface area contributed by atoms with Crippen LogP contribution in [-0.4, -0.2) is 23.9 Å². The summed E-state index contributed by atoms with van der Waals surface area (Å²) in [5.41, 5.74) is 1.53. The molecule has 2 aromatic rings. The zero-order valence-electron chi connectivity index (χ0n) is 15.8. The molecule has 28 heavy (non-hydrogen) atoms. The molecule has 0 atom stereocenters. The smallest absolute Gasteiger partial charge is 0.270 e. The molecular weight excluding hydrogens is 414 g/mol. The van der Waals surface area contributed by atoms with E-state index in [9.17, 15) is 4.79 Å². The zero-order valence-corrected chi connectivity index (χ0v) is 18.2. The maximum Gasteiger partial charge on any atom is 0.270 e. The summed E-state index contributed by atoms with van der Waals surface area (Å²) < 4.78 is 11.3. The molecule has 1 aliphatic heterocycles. The lowest BCUT2D eigenvalue weighted by atomic mass is 10.2. The second-order valence-electron chi connectivity index (χ2n) is 6.61. The number of thiocarbonyl (C=S) groups is 1. The van der Waals surface area contributed by atoms with Gasteiger partial charge in [0.05, 0.1) is 29.3 Å². The van der Waals surface area contributed by atoms with Gasteiger partial charge in [0, 0.05) is 0 Å². The van der Waals surface area contributed by atoms with Crippen LogP contribution in [0.4, 0.5) is 5.69 Å². The van der Waals surface area contributed by atoms with Crippen LogP contribution >= 0.6 is 35.6 Å². The third kappa shape index (κ3) is 4.69. The summed E-state index contributed by atoms with van der Waals surface area (Å²) in [6.07, 6.45) is 1.83. The molecule has 0 spiro atoms. The number of methoxy groups -OCH3 is 1. The number of amides is 1. The van der Waals surface area contributed by atoms with Crippen molar-refractivity contribution in [1.29, 1.82) is 0 Å². The molecule has 7 heteroatoms. The number of thioether (sulfide) groups is 1. The lowest BCUT2D eigenvalue weighted by Crippen LogP contribution is -2.27. The minimum absolute atomic E-state index is 0.170. The summed E-state index contributed by atoms with van der Waals surface area (Å²) in [6, 6.07) is 12.8. The minimum atomic E-state index is -0.170. The van der Waals surface area contributed by atoms with Gasteiger partial charge >= 0.3 is 0 Å². The third-order valence-electron chi connectivity index (χ3n) is 3.95. The van der Waals surface area contributed by atoms with Crippen molar-refractivity contribution in [2.45, 2.75) is 13.8 Å². The maximum absolute atomic E-state index is 12.9. The molecule has 0 N–H and O–H groups in total. The van der Waals surface area contributed by atoms with Gasteiger partial charge in [-0.2, -0.15) is 0 Å². The summed E-state index contributed by atoms with van der Waals surface area (Å²) in [5.74, 6) is 1.65. The van der Waals surface area contributed by atoms with E-state index in [0.717, 1.165) is 11.3 Å². The Morgan fingerprint density at radius 3 is 2.54 bits per heavy atom. The predicted octanol–water partition coefficient (Wildman–Crippen LogP) is 5.79. The Hall–Kier alpha value is -2.02. The number of nitrogens with zero attached hydrogens (tertiary/aromatic N) is 1. The van der Waals surface area contributed by atoms with Crippen molar-refractivity contribution in [2.24, 2.45) is 5.92 Å². The van der Waals surface area contributed by atoms with Gasteiger partial charge in [-0.25, -0.2) is 0 Å². The number of halogens is 1. The number of hydrogen-bond acceptors (Lipinski definition) is 5. The molecule has 2 aromatic carbocycles. The first-order valence-electron chi connectivity index (χ1n) is 8.73. The Bertz CT molecular complexity index is 926. The van der Waals surface area contributed by atoms with Crippen molar-refractivity contribution in [3.8, 4) is 11.5 Å². The predicted molar refractivity (Wildman–Crippen MR) is 120 cm³/mol. The van der Waals surface area contributed by atoms with E-state index in [1.54, 1.807) is 25.3 Å². The normalized spacial score (nSPS) is 15.6. The van der Waals surface area contributed by atoms with Gasteiger partial charge < -0.3 is 9.47 Å². The summed E-state index contributed by atoms with van der Waals surface area (Å²) in [7, 11) is 1.54. The molecule has 4 nitrogen and oxygen atoms in total. The average Bonchev–Trinajstić information content (AvgIpc) is 2.94. The highest BCUT2D eigenvalue weighted by molar-refractivity contribution is 8.27. The van der Waals surface area contributed by atoms with Crippen LogP contribution in [0.15, 0.2) is 47.4 Å². The van der Waals surface area contributed by atoms with Gasteiger partial charge in [0.25, 0.3) is 5.91 Å². The van der Waals surface area contributed by atoms with Crippen molar-refractivity contribution in [3.05, 3.63) is 58.0 Å². The first-order chi connectivity index (χ1) is 13.4. The van der Waals surface area contributed by atoms with Crippen molar-refractivity contribution >= 4 is 57.6 Å². The van der Waals surface area contributed by atoms with E-state index in [4.69, 9.17) is 33.3 Å². The SMILES string of the molecule is COc1ccc(N2C(=O)/C(=C/c3ccc(OCC(C)C)cc3)SC2=S)cc1Cl. The number of anilines is 1. The van der Waals surface area contributed by atoms with E-state index >= 15 is 0 Å². The van der Waals surface area contributed by atoms with Gasteiger partial charge in [-0.3, -0.25) is 9.69 Å². The van der Waals surface area contributed by atoms with Gasteiger partial charge in [-0.15, -0.1) is 0 Å². The molecule has 146 valence electrons. The number of ether oxygens (including phenoxy) is 2. The molecule has 0 bridgehead atoms. The molecule has 0 unspecified atom stereocenters. The Morgan fingerprint density at radius 2 is 1.93 bits per heavy atom. The van der Waals surface area contributed by atoms with E-state index in [2.05, 4.69) is 13.8 Å². The molecule has 0 radical (unpaired) electrons. The van der Waals surface area contributed by atoms with Crippen LogP contribution in [-0.2, 0) is 4.79 Å². The summed E-state index contributed by atoms with van der Waals surface area (Å²) in [4.78, 5) is 14.9. The molecule has 1 aliphatic rings. The molecule has 1 amide bonds. The van der Waals surface area contributed by atoms with E-state index in [1.165, 1.54) is 16.7 Å². The summed E-state index contributed by atoms with van der Waals surface area (Å²) in [6.45, 7) is 4.88. The standard InChI is InChI=1S/C21H20ClNO3S2/c1-13(2)12-26-16-7-4-14(5-8-16)10-19-20(24)23(21(27)28-19)15-6-9-18(25-3)17(22)11-15/h4-11,13H,12H2,1-3H3/b19-10-. The van der Waals surface area contributed by atoms with Crippen molar-refractivity contribution in [1.82, 2.24) is 0 Å². The number of benzene rings is 2. The fraction of sp³-hybridized carbons (Fsp3) is 0.238. The van der Waals surface area contributed by atoms with Crippen molar-refractivity contribution in [3.63, 3.8) is 0 Å². The highest BCUT2D eigenvalue weighted by atomic mass is 35.5. The zero-order chi connectivity index (χ0) is 20.3. The Kier molecular flexibility index (Phi) is 6.65. The second-order valence-corrected chi connectivity index (χ2v) is 8.69. The Labute approximate surface area is 179 Å². The molecule has 0 aromatic heterocycles. The van der Waals surface area contributed by atoms with E-state index in [1.807, 2.05) is 30.3 Å². The molecule has 3 rings (SSSR count). The highest BCUT2D eigenvalue weighted by Gasteiger charge is 2.33. The topological polar surface area (TPSA) is 38.8 Å². The van der Waals surface area contributed by atoms with Crippen LogP contribution in [0.2, 0.25) is 5.02 Å². The van der Waals surface area contributed by atoms with Crippen LogP contribution < -0.4 is 14.4 Å². The largest absolute Gasteiger partial charge is 0.495 e. The number of carbonyl (C=O) groups is 1. The molecule has 1 saturated heterocycles. The number of carbonyl (C=O) groups excluding carboxylic acids is 1. The quantitative estimate of drug-likeness (QED) is 0.426. The summed E-state index contributed by atoms with van der Waals surface area (Å²) in [5, 5.41) is 0.426. The first kappa shape index (κ1) is 20.7. The lowest BCUT2D eigenvalue weighted by molar-refractivity contribution is -0.113. The van der Waals surface area contributed by atoms with Crippen LogP contribution in [0.25, 0.3) is 6.08 Å². The maximum atomic E-state index is 12.9. The van der Waals surface area contributed by atoms with Gasteiger partial charge in [0.1, 0.15) is 11.5 Å². The van der Waals surface area contributed by atoms with E-state index in [-0.39, 0.29) is 5.91 Å². The van der Waals surface area contributed by atoms with Gasteiger partial charge in [0.2, 0.25) is 0 Å². The Morgan fingerprint density at radius 1 is 1.21 bits per heavy atom. The first-order valence-corrected chi connectivity index (χ1v) is 10.3. The number of rotatable bonds is 6. The van der Waals surface area contributed by atoms with E-state index < -0.39 is 0 Å². The van der Waals surface area contributed by atoms with Crippen LogP contribution in [0.5, 0.6) is 11.5 Å². The van der Waals surface area contributed by atoms with Crippen molar-refractivity contribution in [2.75, 3.05) is 18.6 Å². The van der Waals surface area contributed by atoms with Gasteiger partial charge in [0.15, 0.2) is 4.32 Å². The van der Waals surface area contributed by atoms with E-state index in [0.29, 0.717) is 38.2 Å². The average molecular weight is 434 g/mol. The van der Waals surface area contributed by atoms with Gasteiger partial charge in [-0.05, 0) is 47.9 Å².